The molecule has 4 heteroatoms. The summed E-state index contributed by atoms with van der Waals surface area (Å²) in [5.41, 5.74) is 3.76. The zero-order valence-corrected chi connectivity index (χ0v) is 15.4. The third-order valence-corrected chi connectivity index (χ3v) is 4.04. The number of anilines is 1. The summed E-state index contributed by atoms with van der Waals surface area (Å²) in [6, 6.07) is 25.4. The summed E-state index contributed by atoms with van der Waals surface area (Å²) in [6.07, 6.45) is 0. The predicted octanol–water partition coefficient (Wildman–Crippen LogP) is 5.05. The number of hydrogen-bond donors (Lipinski definition) is 1. The number of carbonyl (C=O) groups is 1. The van der Waals surface area contributed by atoms with Crippen LogP contribution in [-0.4, -0.2) is 12.6 Å². The number of hydrogen-bond acceptors (Lipinski definition) is 4. The SMILES string of the molecule is CCOC(=O)c1ccc(NCc2cccc(OCc3ccccc3)c2)cc1. The molecule has 0 spiro atoms. The van der Waals surface area contributed by atoms with Crippen molar-refractivity contribution >= 4 is 11.7 Å². The van der Waals surface area contributed by atoms with Crippen LogP contribution in [0.5, 0.6) is 5.75 Å². The summed E-state index contributed by atoms with van der Waals surface area (Å²) in [6.45, 7) is 3.39. The van der Waals surface area contributed by atoms with Gasteiger partial charge in [0.05, 0.1) is 12.2 Å². The van der Waals surface area contributed by atoms with Gasteiger partial charge >= 0.3 is 5.97 Å². The average molecular weight is 361 g/mol. The van der Waals surface area contributed by atoms with Crippen molar-refractivity contribution in [1.82, 2.24) is 0 Å². The zero-order chi connectivity index (χ0) is 18.9. The lowest BCUT2D eigenvalue weighted by molar-refractivity contribution is 0.0526. The van der Waals surface area contributed by atoms with Crippen LogP contribution in [0, 0.1) is 0 Å². The van der Waals surface area contributed by atoms with Crippen LogP contribution in [0.3, 0.4) is 0 Å². The largest absolute Gasteiger partial charge is 0.489 e. The molecule has 0 saturated heterocycles. The van der Waals surface area contributed by atoms with Gasteiger partial charge < -0.3 is 14.8 Å². The first-order valence-corrected chi connectivity index (χ1v) is 9.01. The van der Waals surface area contributed by atoms with Crippen molar-refractivity contribution in [3.8, 4) is 5.75 Å². The Morgan fingerprint density at radius 1 is 0.889 bits per heavy atom. The van der Waals surface area contributed by atoms with Crippen molar-refractivity contribution in [3.05, 3.63) is 95.6 Å². The number of benzene rings is 3. The molecular weight excluding hydrogens is 338 g/mol. The Morgan fingerprint density at radius 3 is 2.37 bits per heavy atom. The first-order chi connectivity index (χ1) is 13.2. The van der Waals surface area contributed by atoms with E-state index in [-0.39, 0.29) is 5.97 Å². The van der Waals surface area contributed by atoms with Crippen LogP contribution < -0.4 is 10.1 Å². The molecule has 138 valence electrons. The van der Waals surface area contributed by atoms with Gasteiger partial charge in [-0.1, -0.05) is 42.5 Å². The first-order valence-electron chi connectivity index (χ1n) is 9.01. The van der Waals surface area contributed by atoms with Gasteiger partial charge in [0.15, 0.2) is 0 Å². The van der Waals surface area contributed by atoms with Crippen molar-refractivity contribution in [2.24, 2.45) is 0 Å². The van der Waals surface area contributed by atoms with E-state index in [1.165, 1.54) is 0 Å². The number of ether oxygens (including phenoxy) is 2. The zero-order valence-electron chi connectivity index (χ0n) is 15.4. The molecule has 1 N–H and O–H groups in total. The lowest BCUT2D eigenvalue weighted by Crippen LogP contribution is -2.05. The minimum absolute atomic E-state index is 0.299. The second-order valence-electron chi connectivity index (χ2n) is 6.07. The molecule has 0 radical (unpaired) electrons. The Bertz CT molecular complexity index is 860. The highest BCUT2D eigenvalue weighted by molar-refractivity contribution is 5.89. The van der Waals surface area contributed by atoms with Crippen molar-refractivity contribution in [2.75, 3.05) is 11.9 Å². The Labute approximate surface area is 159 Å². The minimum atomic E-state index is -0.299. The molecule has 0 amide bonds. The van der Waals surface area contributed by atoms with E-state index < -0.39 is 0 Å². The molecule has 0 fully saturated rings. The molecule has 0 atom stereocenters. The third kappa shape index (κ3) is 5.61. The van der Waals surface area contributed by atoms with Crippen molar-refractivity contribution in [3.63, 3.8) is 0 Å². The fourth-order valence-electron chi connectivity index (χ4n) is 2.63. The second-order valence-corrected chi connectivity index (χ2v) is 6.07. The molecule has 3 aromatic rings. The number of carbonyl (C=O) groups excluding carboxylic acids is 1. The first kappa shape index (κ1) is 18.5. The Morgan fingerprint density at radius 2 is 1.63 bits per heavy atom. The van der Waals surface area contributed by atoms with E-state index in [1.807, 2.05) is 60.7 Å². The summed E-state index contributed by atoms with van der Waals surface area (Å²) in [7, 11) is 0. The molecule has 27 heavy (non-hydrogen) atoms. The quantitative estimate of drug-likeness (QED) is 0.570. The van der Waals surface area contributed by atoms with E-state index in [4.69, 9.17) is 9.47 Å². The molecule has 0 unspecified atom stereocenters. The molecule has 4 nitrogen and oxygen atoms in total. The molecule has 3 aromatic carbocycles. The van der Waals surface area contributed by atoms with Gasteiger partial charge in [0.2, 0.25) is 0 Å². The molecule has 0 bridgehead atoms. The second kappa shape index (κ2) is 9.43. The maximum absolute atomic E-state index is 11.7. The van der Waals surface area contributed by atoms with Gasteiger partial charge in [-0.15, -0.1) is 0 Å². The fraction of sp³-hybridized carbons (Fsp3) is 0.174. The highest BCUT2D eigenvalue weighted by atomic mass is 16.5. The number of esters is 1. The highest BCUT2D eigenvalue weighted by Crippen LogP contribution is 2.17. The number of rotatable bonds is 8. The Balaban J connectivity index is 1.54. The van der Waals surface area contributed by atoms with Gasteiger partial charge in [-0.3, -0.25) is 0 Å². The summed E-state index contributed by atoms with van der Waals surface area (Å²) >= 11 is 0. The third-order valence-electron chi connectivity index (χ3n) is 4.04. The monoisotopic (exact) mass is 361 g/mol. The average Bonchev–Trinajstić information content (AvgIpc) is 2.72. The Kier molecular flexibility index (Phi) is 6.47. The van der Waals surface area contributed by atoms with E-state index in [0.717, 1.165) is 22.6 Å². The van der Waals surface area contributed by atoms with Crippen LogP contribution in [0.25, 0.3) is 0 Å². The molecule has 0 aliphatic rings. The number of nitrogens with one attached hydrogen (secondary N) is 1. The van der Waals surface area contributed by atoms with Gasteiger partial charge in [-0.2, -0.15) is 0 Å². The summed E-state index contributed by atoms with van der Waals surface area (Å²) in [5, 5.41) is 3.35. The molecule has 3 rings (SSSR count). The van der Waals surface area contributed by atoms with Crippen LogP contribution in [-0.2, 0) is 17.9 Å². The van der Waals surface area contributed by atoms with Crippen LogP contribution in [0.1, 0.15) is 28.4 Å². The predicted molar refractivity (Wildman–Crippen MR) is 107 cm³/mol. The summed E-state index contributed by atoms with van der Waals surface area (Å²) < 4.78 is 10.9. The van der Waals surface area contributed by atoms with Gasteiger partial charge in [-0.25, -0.2) is 4.79 Å². The van der Waals surface area contributed by atoms with Gasteiger partial charge in [0, 0.05) is 12.2 Å². The lowest BCUT2D eigenvalue weighted by Gasteiger charge is -2.10. The molecular formula is C23H23NO3. The van der Waals surface area contributed by atoms with Crippen LogP contribution in [0.4, 0.5) is 5.69 Å². The van der Waals surface area contributed by atoms with E-state index >= 15 is 0 Å². The van der Waals surface area contributed by atoms with E-state index in [0.29, 0.717) is 25.3 Å². The topological polar surface area (TPSA) is 47.6 Å². The maximum atomic E-state index is 11.7. The van der Waals surface area contributed by atoms with Crippen molar-refractivity contribution < 1.29 is 14.3 Å². The normalized spacial score (nSPS) is 10.3. The Hall–Kier alpha value is -3.27. The van der Waals surface area contributed by atoms with Crippen molar-refractivity contribution in [2.45, 2.75) is 20.1 Å². The fourth-order valence-corrected chi connectivity index (χ4v) is 2.63. The van der Waals surface area contributed by atoms with E-state index in [9.17, 15) is 4.79 Å². The van der Waals surface area contributed by atoms with Gasteiger partial charge in [0.1, 0.15) is 12.4 Å². The maximum Gasteiger partial charge on any atom is 0.338 e. The standard InChI is InChI=1S/C23H23NO3/c1-2-26-23(25)20-11-13-21(14-12-20)24-16-19-9-6-10-22(15-19)27-17-18-7-4-3-5-8-18/h3-15,24H,2,16-17H2,1H3. The van der Waals surface area contributed by atoms with E-state index in [1.54, 1.807) is 19.1 Å². The lowest BCUT2D eigenvalue weighted by atomic mass is 10.2. The van der Waals surface area contributed by atoms with Crippen molar-refractivity contribution in [1.29, 1.82) is 0 Å². The molecule has 0 heterocycles. The summed E-state index contributed by atoms with van der Waals surface area (Å²) in [4.78, 5) is 11.7. The van der Waals surface area contributed by atoms with Gasteiger partial charge in [-0.05, 0) is 54.4 Å². The molecule has 0 aromatic heterocycles. The van der Waals surface area contributed by atoms with Gasteiger partial charge in [0.25, 0.3) is 0 Å². The highest BCUT2D eigenvalue weighted by Gasteiger charge is 2.05. The molecule has 0 aliphatic heterocycles. The smallest absolute Gasteiger partial charge is 0.338 e. The summed E-state index contributed by atoms with van der Waals surface area (Å²) in [5.74, 6) is 0.545. The van der Waals surface area contributed by atoms with Crippen LogP contribution in [0.15, 0.2) is 78.9 Å². The molecule has 0 aliphatic carbocycles. The van der Waals surface area contributed by atoms with Crippen LogP contribution >= 0.6 is 0 Å². The minimum Gasteiger partial charge on any atom is -0.489 e. The molecule has 0 saturated carbocycles. The van der Waals surface area contributed by atoms with Crippen LogP contribution in [0.2, 0.25) is 0 Å². The van der Waals surface area contributed by atoms with E-state index in [2.05, 4.69) is 11.4 Å².